The highest BCUT2D eigenvalue weighted by Crippen LogP contribution is 2.25. The van der Waals surface area contributed by atoms with Crippen molar-refractivity contribution in [3.8, 4) is 17.3 Å². The van der Waals surface area contributed by atoms with Crippen molar-refractivity contribution in [2.75, 3.05) is 20.7 Å². The summed E-state index contributed by atoms with van der Waals surface area (Å²) in [6, 6.07) is 9.83. The van der Waals surface area contributed by atoms with E-state index in [2.05, 4.69) is 50.7 Å². The summed E-state index contributed by atoms with van der Waals surface area (Å²) in [5.41, 5.74) is 2.27. The molecule has 0 radical (unpaired) electrons. The highest BCUT2D eigenvalue weighted by Gasteiger charge is 2.13. The van der Waals surface area contributed by atoms with E-state index in [1.54, 1.807) is 20.4 Å². The van der Waals surface area contributed by atoms with Crippen LogP contribution >= 0.6 is 0 Å². The van der Waals surface area contributed by atoms with Gasteiger partial charge in [0.2, 0.25) is 5.82 Å². The molecule has 0 spiro atoms. The summed E-state index contributed by atoms with van der Waals surface area (Å²) in [5, 5.41) is 13.8. The number of methoxy groups -OCH3 is 1. The maximum Gasteiger partial charge on any atom is 0.216 e. The first-order valence-electron chi connectivity index (χ1n) is 9.17. The standard InChI is InChI=1S/C20H26N6O2/c1-13-7-8-16(27-4)15(12-13)14(2)23-20(21-3)22-10-9-18-24-19(26-25-18)17-6-5-11-28-17/h5-8,11-12,14H,9-10H2,1-4H3,(H2,21,22,23)(H,24,25,26). The summed E-state index contributed by atoms with van der Waals surface area (Å²) < 4.78 is 10.8. The highest BCUT2D eigenvalue weighted by atomic mass is 16.5. The van der Waals surface area contributed by atoms with E-state index >= 15 is 0 Å². The van der Waals surface area contributed by atoms with Crippen molar-refractivity contribution in [3.63, 3.8) is 0 Å². The molecule has 8 heteroatoms. The van der Waals surface area contributed by atoms with Crippen molar-refractivity contribution < 1.29 is 9.15 Å². The molecule has 0 fully saturated rings. The van der Waals surface area contributed by atoms with Crippen LogP contribution in [0.1, 0.15) is 29.9 Å². The average molecular weight is 382 g/mol. The zero-order valence-electron chi connectivity index (χ0n) is 16.6. The first-order valence-corrected chi connectivity index (χ1v) is 9.17. The van der Waals surface area contributed by atoms with Gasteiger partial charge >= 0.3 is 0 Å². The number of furan rings is 1. The Balaban J connectivity index is 1.54. The molecule has 0 amide bonds. The van der Waals surface area contributed by atoms with Crippen LogP contribution in [0.15, 0.2) is 46.0 Å². The quantitative estimate of drug-likeness (QED) is 0.429. The van der Waals surface area contributed by atoms with Gasteiger partial charge in [-0.15, -0.1) is 0 Å². The molecule has 148 valence electrons. The zero-order chi connectivity index (χ0) is 19.9. The number of nitrogens with zero attached hydrogens (tertiary/aromatic N) is 3. The number of hydrogen-bond acceptors (Lipinski definition) is 5. The minimum atomic E-state index is 0.0388. The molecule has 1 atom stereocenters. The number of aliphatic imine (C=N–C) groups is 1. The summed E-state index contributed by atoms with van der Waals surface area (Å²) in [5.74, 6) is 3.55. The molecular formula is C20H26N6O2. The largest absolute Gasteiger partial charge is 0.496 e. The lowest BCUT2D eigenvalue weighted by Gasteiger charge is -2.20. The second-order valence-corrected chi connectivity index (χ2v) is 6.44. The Morgan fingerprint density at radius 1 is 1.36 bits per heavy atom. The van der Waals surface area contributed by atoms with E-state index in [4.69, 9.17) is 9.15 Å². The van der Waals surface area contributed by atoms with Crippen LogP contribution < -0.4 is 15.4 Å². The Kier molecular flexibility index (Phi) is 6.31. The predicted molar refractivity (Wildman–Crippen MR) is 108 cm³/mol. The number of rotatable bonds is 7. The number of H-pyrrole nitrogens is 1. The molecule has 0 aliphatic heterocycles. The topological polar surface area (TPSA) is 100 Å². The Morgan fingerprint density at radius 2 is 2.21 bits per heavy atom. The number of aromatic amines is 1. The maximum absolute atomic E-state index is 5.48. The minimum absolute atomic E-state index is 0.0388. The van der Waals surface area contributed by atoms with Crippen molar-refractivity contribution in [2.45, 2.75) is 26.3 Å². The molecule has 1 aromatic carbocycles. The van der Waals surface area contributed by atoms with Crippen molar-refractivity contribution >= 4 is 5.96 Å². The highest BCUT2D eigenvalue weighted by molar-refractivity contribution is 5.80. The van der Waals surface area contributed by atoms with Crippen LogP contribution in [0.3, 0.4) is 0 Å². The molecule has 2 heterocycles. The Bertz CT molecular complexity index is 917. The van der Waals surface area contributed by atoms with Gasteiger partial charge in [0.15, 0.2) is 11.7 Å². The van der Waals surface area contributed by atoms with E-state index in [1.807, 2.05) is 24.3 Å². The van der Waals surface area contributed by atoms with E-state index in [0.717, 1.165) is 17.1 Å². The van der Waals surface area contributed by atoms with Crippen LogP contribution in [0, 0.1) is 6.92 Å². The molecule has 0 saturated carbocycles. The third-order valence-electron chi connectivity index (χ3n) is 4.36. The summed E-state index contributed by atoms with van der Waals surface area (Å²) in [6.45, 7) is 4.80. The summed E-state index contributed by atoms with van der Waals surface area (Å²) in [6.07, 6.45) is 2.28. The van der Waals surface area contributed by atoms with Gasteiger partial charge in [-0.2, -0.15) is 5.10 Å². The molecule has 0 saturated heterocycles. The first kappa shape index (κ1) is 19.5. The van der Waals surface area contributed by atoms with Crippen molar-refractivity contribution in [3.05, 3.63) is 53.5 Å². The molecule has 28 heavy (non-hydrogen) atoms. The van der Waals surface area contributed by atoms with Gasteiger partial charge in [-0.25, -0.2) is 4.98 Å². The van der Waals surface area contributed by atoms with Gasteiger partial charge in [-0.1, -0.05) is 17.7 Å². The normalized spacial score (nSPS) is 12.6. The number of nitrogens with one attached hydrogen (secondary N) is 3. The number of aryl methyl sites for hydroxylation is 1. The lowest BCUT2D eigenvalue weighted by atomic mass is 10.0. The minimum Gasteiger partial charge on any atom is -0.496 e. The van der Waals surface area contributed by atoms with Gasteiger partial charge < -0.3 is 19.8 Å². The molecule has 8 nitrogen and oxygen atoms in total. The number of ether oxygens (including phenoxy) is 1. The Morgan fingerprint density at radius 3 is 2.93 bits per heavy atom. The van der Waals surface area contributed by atoms with Gasteiger partial charge in [-0.3, -0.25) is 10.1 Å². The molecule has 3 rings (SSSR count). The lowest BCUT2D eigenvalue weighted by Crippen LogP contribution is -2.39. The van der Waals surface area contributed by atoms with Crippen molar-refractivity contribution in [2.24, 2.45) is 4.99 Å². The molecule has 0 aliphatic rings. The molecule has 1 unspecified atom stereocenters. The van der Waals surface area contributed by atoms with Gasteiger partial charge in [0.25, 0.3) is 0 Å². The smallest absolute Gasteiger partial charge is 0.216 e. The second kappa shape index (κ2) is 9.07. The fourth-order valence-electron chi connectivity index (χ4n) is 2.89. The zero-order valence-corrected chi connectivity index (χ0v) is 16.6. The summed E-state index contributed by atoms with van der Waals surface area (Å²) in [4.78, 5) is 8.74. The van der Waals surface area contributed by atoms with Crippen LogP contribution in [0.5, 0.6) is 5.75 Å². The SMILES string of the molecule is CN=C(NCCc1nc(-c2ccco2)n[nH]1)NC(C)c1cc(C)ccc1OC. The molecule has 0 aliphatic carbocycles. The van der Waals surface area contributed by atoms with E-state index in [9.17, 15) is 0 Å². The molecule has 2 aromatic heterocycles. The van der Waals surface area contributed by atoms with Crippen LogP contribution in [-0.2, 0) is 6.42 Å². The molecule has 0 bridgehead atoms. The van der Waals surface area contributed by atoms with E-state index in [0.29, 0.717) is 30.5 Å². The third-order valence-corrected chi connectivity index (χ3v) is 4.36. The lowest BCUT2D eigenvalue weighted by molar-refractivity contribution is 0.405. The molecule has 3 aromatic rings. The van der Waals surface area contributed by atoms with E-state index in [1.165, 1.54) is 5.56 Å². The predicted octanol–water partition coefficient (Wildman–Crippen LogP) is 2.85. The van der Waals surface area contributed by atoms with Crippen LogP contribution in [-0.4, -0.2) is 41.8 Å². The number of hydrogen-bond donors (Lipinski definition) is 3. The van der Waals surface area contributed by atoms with E-state index < -0.39 is 0 Å². The van der Waals surface area contributed by atoms with Crippen molar-refractivity contribution in [1.82, 2.24) is 25.8 Å². The molecular weight excluding hydrogens is 356 g/mol. The van der Waals surface area contributed by atoms with Gasteiger partial charge in [-0.05, 0) is 32.0 Å². The van der Waals surface area contributed by atoms with Crippen LogP contribution in [0.4, 0.5) is 0 Å². The number of benzene rings is 1. The fourth-order valence-corrected chi connectivity index (χ4v) is 2.89. The maximum atomic E-state index is 5.48. The number of guanidine groups is 1. The van der Waals surface area contributed by atoms with Gasteiger partial charge in [0.1, 0.15) is 11.6 Å². The fraction of sp³-hybridized carbons (Fsp3) is 0.350. The Hall–Kier alpha value is -3.29. The first-order chi connectivity index (χ1) is 13.6. The number of aromatic nitrogens is 3. The Labute approximate surface area is 164 Å². The monoisotopic (exact) mass is 382 g/mol. The van der Waals surface area contributed by atoms with Crippen molar-refractivity contribution in [1.29, 1.82) is 0 Å². The van der Waals surface area contributed by atoms with E-state index in [-0.39, 0.29) is 6.04 Å². The van der Waals surface area contributed by atoms with Crippen LogP contribution in [0.25, 0.3) is 11.6 Å². The molecule has 3 N–H and O–H groups in total. The summed E-state index contributed by atoms with van der Waals surface area (Å²) in [7, 11) is 3.43. The van der Waals surface area contributed by atoms with Gasteiger partial charge in [0.05, 0.1) is 19.4 Å². The average Bonchev–Trinajstić information content (AvgIpc) is 3.38. The van der Waals surface area contributed by atoms with Gasteiger partial charge in [0, 0.05) is 25.6 Å². The summed E-state index contributed by atoms with van der Waals surface area (Å²) >= 11 is 0. The van der Waals surface area contributed by atoms with Crippen LogP contribution in [0.2, 0.25) is 0 Å². The second-order valence-electron chi connectivity index (χ2n) is 6.44. The third kappa shape index (κ3) is 4.70.